The van der Waals surface area contributed by atoms with E-state index in [-0.39, 0.29) is 17.2 Å². The lowest BCUT2D eigenvalue weighted by Gasteiger charge is -2.06. The zero-order chi connectivity index (χ0) is 18.4. The lowest BCUT2D eigenvalue weighted by molar-refractivity contribution is -0.385. The normalized spacial score (nSPS) is 10.6. The van der Waals surface area contributed by atoms with E-state index in [9.17, 15) is 20.0 Å². The smallest absolute Gasteiger partial charge is 0.310 e. The molecule has 0 saturated carbocycles. The highest BCUT2D eigenvalue weighted by Crippen LogP contribution is 2.25. The molecule has 0 aliphatic rings. The summed E-state index contributed by atoms with van der Waals surface area (Å²) in [7, 11) is 0. The minimum Gasteiger partial charge on any atom is -0.507 e. The Morgan fingerprint density at radius 1 is 1.32 bits per heavy atom. The van der Waals surface area contributed by atoms with Gasteiger partial charge in [-0.05, 0) is 48.7 Å². The third kappa shape index (κ3) is 4.77. The Bertz CT molecular complexity index is 810. The van der Waals surface area contributed by atoms with Crippen LogP contribution in [-0.2, 0) is 4.79 Å². The fourth-order valence-corrected chi connectivity index (χ4v) is 2.15. The first-order valence-electron chi connectivity index (χ1n) is 7.37. The molecule has 0 fully saturated rings. The van der Waals surface area contributed by atoms with Crippen molar-refractivity contribution in [1.29, 1.82) is 0 Å². The van der Waals surface area contributed by atoms with Gasteiger partial charge in [-0.1, -0.05) is 12.1 Å². The standard InChI is InChI=1S/C17H17N3O5/c1-11-7-13(8-12(2)17(11)22)9-18-19-16(21)10-25-15-6-4-3-5-14(15)20(23)24/h3-9,22H,10H2,1-2H3,(H,19,21). The van der Waals surface area contributed by atoms with Crippen LogP contribution in [0.1, 0.15) is 16.7 Å². The Balaban J connectivity index is 1.92. The summed E-state index contributed by atoms with van der Waals surface area (Å²) in [6, 6.07) is 9.24. The number of amides is 1. The summed E-state index contributed by atoms with van der Waals surface area (Å²) in [6.45, 7) is 3.12. The second-order valence-electron chi connectivity index (χ2n) is 5.31. The van der Waals surface area contributed by atoms with Gasteiger partial charge in [-0.2, -0.15) is 5.10 Å². The molecule has 0 radical (unpaired) electrons. The van der Waals surface area contributed by atoms with E-state index in [1.165, 1.54) is 24.4 Å². The molecule has 0 spiro atoms. The number of hydrogen-bond donors (Lipinski definition) is 2. The summed E-state index contributed by atoms with van der Waals surface area (Å²) < 4.78 is 5.16. The van der Waals surface area contributed by atoms with Crippen molar-refractivity contribution >= 4 is 17.8 Å². The monoisotopic (exact) mass is 343 g/mol. The van der Waals surface area contributed by atoms with Gasteiger partial charge in [0.15, 0.2) is 12.4 Å². The number of nitrogens with one attached hydrogen (secondary N) is 1. The number of phenolic OH excluding ortho intramolecular Hbond substituents is 1. The summed E-state index contributed by atoms with van der Waals surface area (Å²) in [5, 5.41) is 24.4. The number of rotatable bonds is 6. The summed E-state index contributed by atoms with van der Waals surface area (Å²) in [6.07, 6.45) is 1.43. The van der Waals surface area contributed by atoms with Crippen molar-refractivity contribution in [3.63, 3.8) is 0 Å². The van der Waals surface area contributed by atoms with E-state index in [2.05, 4.69) is 10.5 Å². The van der Waals surface area contributed by atoms with Crippen molar-refractivity contribution in [2.24, 2.45) is 5.10 Å². The largest absolute Gasteiger partial charge is 0.507 e. The van der Waals surface area contributed by atoms with Crippen LogP contribution in [0.2, 0.25) is 0 Å². The first-order chi connectivity index (χ1) is 11.9. The quantitative estimate of drug-likeness (QED) is 0.475. The van der Waals surface area contributed by atoms with Gasteiger partial charge < -0.3 is 9.84 Å². The van der Waals surface area contributed by atoms with Gasteiger partial charge in [0, 0.05) is 6.07 Å². The number of benzene rings is 2. The summed E-state index contributed by atoms with van der Waals surface area (Å²) in [5.74, 6) is -0.322. The number of nitro benzene ring substituents is 1. The summed E-state index contributed by atoms with van der Waals surface area (Å²) in [4.78, 5) is 22.0. The highest BCUT2D eigenvalue weighted by atomic mass is 16.6. The van der Waals surface area contributed by atoms with Gasteiger partial charge in [-0.25, -0.2) is 5.43 Å². The first-order valence-corrected chi connectivity index (χ1v) is 7.37. The number of nitro groups is 1. The average Bonchev–Trinajstić information content (AvgIpc) is 2.58. The number of aromatic hydroxyl groups is 1. The van der Waals surface area contributed by atoms with Gasteiger partial charge in [0.25, 0.3) is 5.91 Å². The van der Waals surface area contributed by atoms with E-state index in [1.807, 2.05) is 0 Å². The molecule has 2 N–H and O–H groups in total. The van der Waals surface area contributed by atoms with Crippen molar-refractivity contribution in [1.82, 2.24) is 5.43 Å². The van der Waals surface area contributed by atoms with Crippen LogP contribution in [0.15, 0.2) is 41.5 Å². The summed E-state index contributed by atoms with van der Waals surface area (Å²) >= 11 is 0. The third-order valence-electron chi connectivity index (χ3n) is 3.34. The number of ether oxygens (including phenoxy) is 1. The fraction of sp³-hybridized carbons (Fsp3) is 0.176. The molecule has 0 aliphatic carbocycles. The van der Waals surface area contributed by atoms with Crippen LogP contribution in [0.25, 0.3) is 0 Å². The number of nitrogens with zero attached hydrogens (tertiary/aromatic N) is 2. The zero-order valence-corrected chi connectivity index (χ0v) is 13.7. The maximum Gasteiger partial charge on any atom is 0.310 e. The molecule has 2 rings (SSSR count). The molecule has 130 valence electrons. The van der Waals surface area contributed by atoms with Crippen LogP contribution in [0, 0.1) is 24.0 Å². The Morgan fingerprint density at radius 3 is 2.60 bits per heavy atom. The molecule has 0 aromatic heterocycles. The SMILES string of the molecule is Cc1cc(C=NNC(=O)COc2ccccc2[N+](=O)[O-])cc(C)c1O. The van der Waals surface area contributed by atoms with Gasteiger partial charge in [-0.3, -0.25) is 14.9 Å². The molecule has 0 heterocycles. The Kier molecular flexibility index (Phi) is 5.67. The molecule has 8 heteroatoms. The Labute approximate surface area is 143 Å². The van der Waals surface area contributed by atoms with Crippen LogP contribution in [0.4, 0.5) is 5.69 Å². The maximum absolute atomic E-state index is 11.7. The maximum atomic E-state index is 11.7. The highest BCUT2D eigenvalue weighted by Gasteiger charge is 2.14. The molecular weight excluding hydrogens is 326 g/mol. The lowest BCUT2D eigenvalue weighted by atomic mass is 10.1. The summed E-state index contributed by atoms with van der Waals surface area (Å²) in [5.41, 5.74) is 4.18. The number of hydrogen-bond acceptors (Lipinski definition) is 6. The Morgan fingerprint density at radius 2 is 1.96 bits per heavy atom. The van der Waals surface area contributed by atoms with E-state index < -0.39 is 17.4 Å². The molecule has 0 bridgehead atoms. The second-order valence-corrected chi connectivity index (χ2v) is 5.31. The van der Waals surface area contributed by atoms with E-state index in [4.69, 9.17) is 4.74 Å². The number of para-hydroxylation sites is 2. The first kappa shape index (κ1) is 17.9. The minimum atomic E-state index is -0.582. The molecule has 0 unspecified atom stereocenters. The van der Waals surface area contributed by atoms with E-state index in [0.717, 1.165) is 0 Å². The molecular formula is C17H17N3O5. The molecule has 2 aromatic rings. The number of phenols is 1. The van der Waals surface area contributed by atoms with Gasteiger partial charge in [0.1, 0.15) is 5.75 Å². The van der Waals surface area contributed by atoms with Crippen LogP contribution >= 0.6 is 0 Å². The number of carbonyl (C=O) groups excluding carboxylic acids is 1. The molecule has 0 saturated heterocycles. The van der Waals surface area contributed by atoms with E-state index >= 15 is 0 Å². The van der Waals surface area contributed by atoms with Gasteiger partial charge in [0.05, 0.1) is 11.1 Å². The van der Waals surface area contributed by atoms with Gasteiger partial charge in [-0.15, -0.1) is 0 Å². The molecule has 1 amide bonds. The number of carbonyl (C=O) groups is 1. The third-order valence-corrected chi connectivity index (χ3v) is 3.34. The van der Waals surface area contributed by atoms with Crippen LogP contribution in [0.3, 0.4) is 0 Å². The second kappa shape index (κ2) is 7.91. The Hall–Kier alpha value is -3.42. The fourth-order valence-electron chi connectivity index (χ4n) is 2.15. The topological polar surface area (TPSA) is 114 Å². The van der Waals surface area contributed by atoms with Crippen molar-refractivity contribution in [3.8, 4) is 11.5 Å². The van der Waals surface area contributed by atoms with Crippen molar-refractivity contribution in [2.75, 3.05) is 6.61 Å². The van der Waals surface area contributed by atoms with Crippen molar-refractivity contribution in [2.45, 2.75) is 13.8 Å². The predicted octanol–water partition coefficient (Wildman–Crippen LogP) is 2.45. The molecule has 2 aromatic carbocycles. The predicted molar refractivity (Wildman–Crippen MR) is 91.9 cm³/mol. The van der Waals surface area contributed by atoms with E-state index in [0.29, 0.717) is 16.7 Å². The minimum absolute atomic E-state index is 0.0106. The zero-order valence-electron chi connectivity index (χ0n) is 13.7. The van der Waals surface area contributed by atoms with Gasteiger partial charge >= 0.3 is 5.69 Å². The van der Waals surface area contributed by atoms with E-state index in [1.54, 1.807) is 32.0 Å². The highest BCUT2D eigenvalue weighted by molar-refractivity contribution is 5.83. The van der Waals surface area contributed by atoms with Crippen molar-refractivity contribution in [3.05, 3.63) is 63.2 Å². The van der Waals surface area contributed by atoms with Crippen molar-refractivity contribution < 1.29 is 19.6 Å². The van der Waals surface area contributed by atoms with Crippen LogP contribution < -0.4 is 10.2 Å². The van der Waals surface area contributed by atoms with Gasteiger partial charge in [0.2, 0.25) is 0 Å². The lowest BCUT2D eigenvalue weighted by Crippen LogP contribution is -2.24. The average molecular weight is 343 g/mol. The number of hydrazone groups is 1. The van der Waals surface area contributed by atoms with Crippen LogP contribution in [-0.4, -0.2) is 28.8 Å². The van der Waals surface area contributed by atoms with Crippen LogP contribution in [0.5, 0.6) is 11.5 Å². The molecule has 0 aliphatic heterocycles. The molecule has 0 atom stereocenters. The number of aryl methyl sites for hydroxylation is 2. The molecule has 25 heavy (non-hydrogen) atoms. The molecule has 8 nitrogen and oxygen atoms in total.